The Kier molecular flexibility index (Phi) is 3.57. The average Bonchev–Trinajstić information content (AvgIpc) is 2.65. The molecular weight excluding hydrogens is 270 g/mol. The van der Waals surface area contributed by atoms with Crippen molar-refractivity contribution >= 4 is 28.9 Å². The van der Waals surface area contributed by atoms with Crippen LogP contribution in [0, 0.1) is 0 Å². The van der Waals surface area contributed by atoms with Gasteiger partial charge < -0.3 is 11.1 Å². The number of hydrogen-bond acceptors (Lipinski definition) is 4. The van der Waals surface area contributed by atoms with Gasteiger partial charge in [0.15, 0.2) is 0 Å². The van der Waals surface area contributed by atoms with Crippen LogP contribution < -0.4 is 16.7 Å². The van der Waals surface area contributed by atoms with Crippen molar-refractivity contribution in [2.45, 2.75) is 6.54 Å². The van der Waals surface area contributed by atoms with E-state index in [0.29, 0.717) is 16.4 Å². The summed E-state index contributed by atoms with van der Waals surface area (Å²) >= 11 is 5.76. The van der Waals surface area contributed by atoms with Crippen molar-refractivity contribution in [3.8, 4) is 0 Å². The Morgan fingerprint density at radius 3 is 2.84 bits per heavy atom. The summed E-state index contributed by atoms with van der Waals surface area (Å²) in [6.45, 7) is -0.179. The van der Waals surface area contributed by atoms with Crippen LogP contribution in [0.5, 0.6) is 0 Å². The fourth-order valence-electron chi connectivity index (χ4n) is 1.50. The van der Waals surface area contributed by atoms with Gasteiger partial charge in [-0.05, 0) is 18.2 Å². The van der Waals surface area contributed by atoms with E-state index in [9.17, 15) is 9.59 Å². The summed E-state index contributed by atoms with van der Waals surface area (Å²) in [7, 11) is 1.56. The zero-order valence-electron chi connectivity index (χ0n) is 10.1. The van der Waals surface area contributed by atoms with Gasteiger partial charge >= 0.3 is 5.69 Å². The van der Waals surface area contributed by atoms with Crippen molar-refractivity contribution in [3.63, 3.8) is 0 Å². The number of carbonyl (C=O) groups excluding carboxylic acids is 1. The standard InChI is InChI=1S/C11H12ClN5O2/c1-16-6-14-17(11(16)19)5-10(18)15-9-3-2-7(12)4-8(9)13/h2-4,6H,5,13H2,1H3,(H,15,18). The number of nitrogen functional groups attached to an aromatic ring is 1. The maximum atomic E-state index is 11.8. The first-order valence-corrected chi connectivity index (χ1v) is 5.78. The molecule has 0 atom stereocenters. The monoisotopic (exact) mass is 281 g/mol. The Hall–Kier alpha value is -2.28. The summed E-state index contributed by atoms with van der Waals surface area (Å²) in [5, 5.41) is 6.86. The van der Waals surface area contributed by atoms with E-state index < -0.39 is 5.91 Å². The summed E-state index contributed by atoms with van der Waals surface area (Å²) in [6.07, 6.45) is 1.34. The lowest BCUT2D eigenvalue weighted by atomic mass is 10.2. The van der Waals surface area contributed by atoms with Crippen LogP contribution >= 0.6 is 11.6 Å². The first-order chi connectivity index (χ1) is 8.97. The number of aromatic nitrogens is 3. The number of benzene rings is 1. The van der Waals surface area contributed by atoms with E-state index >= 15 is 0 Å². The van der Waals surface area contributed by atoms with Gasteiger partial charge in [-0.3, -0.25) is 9.36 Å². The van der Waals surface area contributed by atoms with Gasteiger partial charge in [0.25, 0.3) is 0 Å². The van der Waals surface area contributed by atoms with Crippen LogP contribution in [0.2, 0.25) is 5.02 Å². The Morgan fingerprint density at radius 2 is 2.26 bits per heavy atom. The van der Waals surface area contributed by atoms with Crippen molar-refractivity contribution in [2.24, 2.45) is 7.05 Å². The van der Waals surface area contributed by atoms with Crippen LogP contribution in [-0.4, -0.2) is 20.3 Å². The first-order valence-electron chi connectivity index (χ1n) is 5.40. The first kappa shape index (κ1) is 13.2. The maximum Gasteiger partial charge on any atom is 0.345 e. The number of nitrogens with one attached hydrogen (secondary N) is 1. The largest absolute Gasteiger partial charge is 0.397 e. The van der Waals surface area contributed by atoms with Crippen LogP contribution in [-0.2, 0) is 18.4 Å². The predicted molar refractivity (Wildman–Crippen MR) is 72.0 cm³/mol. The molecule has 19 heavy (non-hydrogen) atoms. The van der Waals surface area contributed by atoms with E-state index in [4.69, 9.17) is 17.3 Å². The van der Waals surface area contributed by atoms with Gasteiger partial charge in [-0.15, -0.1) is 0 Å². The minimum Gasteiger partial charge on any atom is -0.397 e. The molecule has 0 radical (unpaired) electrons. The molecule has 1 heterocycles. The van der Waals surface area contributed by atoms with Crippen LogP contribution in [0.4, 0.5) is 11.4 Å². The number of nitrogens with two attached hydrogens (primary N) is 1. The molecule has 0 unspecified atom stereocenters. The zero-order valence-corrected chi connectivity index (χ0v) is 10.9. The number of carbonyl (C=O) groups is 1. The van der Waals surface area contributed by atoms with E-state index in [0.717, 1.165) is 4.68 Å². The van der Waals surface area contributed by atoms with E-state index in [1.54, 1.807) is 19.2 Å². The second-order valence-corrected chi connectivity index (χ2v) is 4.40. The molecule has 2 aromatic rings. The molecule has 1 aromatic carbocycles. The number of hydrogen-bond donors (Lipinski definition) is 2. The lowest BCUT2D eigenvalue weighted by Gasteiger charge is -2.07. The minimum absolute atomic E-state index is 0.179. The van der Waals surface area contributed by atoms with Gasteiger partial charge in [0.05, 0.1) is 11.4 Å². The van der Waals surface area contributed by atoms with E-state index in [1.807, 2.05) is 0 Å². The number of anilines is 2. The summed E-state index contributed by atoms with van der Waals surface area (Å²) in [4.78, 5) is 23.3. The molecule has 0 aliphatic rings. The predicted octanol–water partition coefficient (Wildman–Crippen LogP) is 0.456. The van der Waals surface area contributed by atoms with Crippen LogP contribution in [0.25, 0.3) is 0 Å². The second kappa shape index (κ2) is 5.15. The molecule has 0 spiro atoms. The Bertz CT molecular complexity index is 676. The molecule has 8 heteroatoms. The van der Waals surface area contributed by atoms with Gasteiger partial charge in [-0.1, -0.05) is 11.6 Å². The normalized spacial score (nSPS) is 10.4. The van der Waals surface area contributed by atoms with Crippen molar-refractivity contribution in [2.75, 3.05) is 11.1 Å². The maximum absolute atomic E-state index is 11.8. The smallest absolute Gasteiger partial charge is 0.345 e. The third-order valence-electron chi connectivity index (χ3n) is 2.47. The Morgan fingerprint density at radius 1 is 1.53 bits per heavy atom. The van der Waals surface area contributed by atoms with Crippen LogP contribution in [0.15, 0.2) is 29.3 Å². The second-order valence-electron chi connectivity index (χ2n) is 3.96. The quantitative estimate of drug-likeness (QED) is 0.799. The Labute approximate surface area is 113 Å². The number of amides is 1. The number of aryl methyl sites for hydroxylation is 1. The van der Waals surface area contributed by atoms with Gasteiger partial charge in [-0.25, -0.2) is 9.48 Å². The summed E-state index contributed by atoms with van der Waals surface area (Å²) in [6, 6.07) is 4.74. The van der Waals surface area contributed by atoms with E-state index in [-0.39, 0.29) is 12.2 Å². The molecule has 0 bridgehead atoms. The van der Waals surface area contributed by atoms with Gasteiger partial charge in [0.1, 0.15) is 12.9 Å². The van der Waals surface area contributed by atoms with Crippen LogP contribution in [0.3, 0.4) is 0 Å². The van der Waals surface area contributed by atoms with Crippen molar-refractivity contribution in [1.82, 2.24) is 14.3 Å². The number of halogens is 1. The van der Waals surface area contributed by atoms with Crippen molar-refractivity contribution < 1.29 is 4.79 Å². The van der Waals surface area contributed by atoms with Gasteiger partial charge in [-0.2, -0.15) is 5.10 Å². The van der Waals surface area contributed by atoms with Gasteiger partial charge in [0.2, 0.25) is 5.91 Å². The number of nitrogens with zero attached hydrogens (tertiary/aromatic N) is 3. The molecule has 7 nitrogen and oxygen atoms in total. The molecule has 2 rings (SSSR count). The lowest BCUT2D eigenvalue weighted by molar-refractivity contribution is -0.117. The topological polar surface area (TPSA) is 94.9 Å². The molecule has 1 amide bonds. The average molecular weight is 282 g/mol. The third-order valence-corrected chi connectivity index (χ3v) is 2.70. The van der Waals surface area contributed by atoms with Crippen LogP contribution in [0.1, 0.15) is 0 Å². The highest BCUT2D eigenvalue weighted by Gasteiger charge is 2.09. The molecule has 0 fully saturated rings. The highest BCUT2D eigenvalue weighted by molar-refractivity contribution is 6.31. The molecular formula is C11H12ClN5O2. The minimum atomic E-state index is -0.394. The SMILES string of the molecule is Cn1cnn(CC(=O)Nc2ccc(Cl)cc2N)c1=O. The zero-order chi connectivity index (χ0) is 14.0. The summed E-state index contributed by atoms with van der Waals surface area (Å²) < 4.78 is 2.34. The summed E-state index contributed by atoms with van der Waals surface area (Å²) in [5.74, 6) is -0.394. The summed E-state index contributed by atoms with van der Waals surface area (Å²) in [5.41, 5.74) is 6.15. The molecule has 1 aromatic heterocycles. The van der Waals surface area contributed by atoms with Crippen molar-refractivity contribution in [3.05, 3.63) is 40.0 Å². The lowest BCUT2D eigenvalue weighted by Crippen LogP contribution is -2.29. The number of rotatable bonds is 3. The molecule has 100 valence electrons. The fraction of sp³-hybridized carbons (Fsp3) is 0.182. The Balaban J connectivity index is 2.09. The highest BCUT2D eigenvalue weighted by Crippen LogP contribution is 2.22. The molecule has 0 aliphatic carbocycles. The molecule has 3 N–H and O–H groups in total. The van der Waals surface area contributed by atoms with Gasteiger partial charge in [0, 0.05) is 12.1 Å². The van der Waals surface area contributed by atoms with Crippen molar-refractivity contribution in [1.29, 1.82) is 0 Å². The third kappa shape index (κ3) is 2.94. The van der Waals surface area contributed by atoms with E-state index in [1.165, 1.54) is 17.0 Å². The fourth-order valence-corrected chi connectivity index (χ4v) is 1.68. The van der Waals surface area contributed by atoms with E-state index in [2.05, 4.69) is 10.4 Å². The molecule has 0 aliphatic heterocycles. The molecule has 0 saturated carbocycles. The molecule has 0 saturated heterocycles. The highest BCUT2D eigenvalue weighted by atomic mass is 35.5.